The van der Waals surface area contributed by atoms with Gasteiger partial charge in [-0.2, -0.15) is 0 Å². The van der Waals surface area contributed by atoms with E-state index in [0.29, 0.717) is 11.5 Å². The van der Waals surface area contributed by atoms with Crippen LogP contribution in [0.4, 0.5) is 0 Å². The Labute approximate surface area is 102 Å². The number of hydrogen-bond acceptors (Lipinski definition) is 2. The molecule has 1 heterocycles. The lowest BCUT2D eigenvalue weighted by molar-refractivity contribution is 0.195. The minimum absolute atomic E-state index is 0.396. The van der Waals surface area contributed by atoms with E-state index in [0.717, 1.165) is 12.5 Å². The van der Waals surface area contributed by atoms with Crippen LogP contribution in [0.5, 0.6) is 0 Å². The molecule has 0 amide bonds. The van der Waals surface area contributed by atoms with Crippen molar-refractivity contribution >= 4 is 0 Å². The van der Waals surface area contributed by atoms with Gasteiger partial charge in [0, 0.05) is 25.7 Å². The van der Waals surface area contributed by atoms with Crippen molar-refractivity contribution < 1.29 is 0 Å². The van der Waals surface area contributed by atoms with Gasteiger partial charge in [0.25, 0.3) is 0 Å². The van der Waals surface area contributed by atoms with Crippen LogP contribution in [0.2, 0.25) is 0 Å². The number of likely N-dealkylation sites (tertiary alicyclic amines) is 1. The second kappa shape index (κ2) is 6.02. The molecule has 1 fully saturated rings. The number of rotatable bonds is 6. The topological polar surface area (TPSA) is 15.3 Å². The Balaban J connectivity index is 2.29. The molecule has 1 rings (SSSR count). The van der Waals surface area contributed by atoms with Gasteiger partial charge in [-0.25, -0.2) is 0 Å². The normalized spacial score (nSPS) is 23.2. The van der Waals surface area contributed by atoms with Crippen LogP contribution in [0.1, 0.15) is 47.5 Å². The van der Waals surface area contributed by atoms with Crippen molar-refractivity contribution in [2.45, 2.75) is 53.5 Å². The summed E-state index contributed by atoms with van der Waals surface area (Å²) in [5.74, 6) is 0.953. The van der Waals surface area contributed by atoms with Crippen molar-refractivity contribution in [3.63, 3.8) is 0 Å². The molecule has 2 heteroatoms. The minimum Gasteiger partial charge on any atom is -0.314 e. The molecule has 0 aromatic rings. The van der Waals surface area contributed by atoms with Crippen molar-refractivity contribution in [1.29, 1.82) is 0 Å². The Kier molecular flexibility index (Phi) is 5.26. The van der Waals surface area contributed by atoms with E-state index in [-0.39, 0.29) is 0 Å². The lowest BCUT2D eigenvalue weighted by Gasteiger charge is -2.31. The fourth-order valence-electron chi connectivity index (χ4n) is 2.53. The Bertz CT molecular complexity index is 199. The Hall–Kier alpha value is -0.0800. The summed E-state index contributed by atoms with van der Waals surface area (Å²) in [5.41, 5.74) is 0.396. The average Bonchev–Trinajstić information content (AvgIpc) is 2.62. The highest BCUT2D eigenvalue weighted by Crippen LogP contribution is 2.24. The highest BCUT2D eigenvalue weighted by atomic mass is 15.2. The van der Waals surface area contributed by atoms with E-state index >= 15 is 0 Å². The van der Waals surface area contributed by atoms with E-state index < -0.39 is 0 Å². The molecular weight excluding hydrogens is 196 g/mol. The lowest BCUT2D eigenvalue weighted by atomic mass is 9.92. The van der Waals surface area contributed by atoms with Gasteiger partial charge in [-0.3, -0.25) is 0 Å². The van der Waals surface area contributed by atoms with Gasteiger partial charge in [0.05, 0.1) is 0 Å². The van der Waals surface area contributed by atoms with Crippen molar-refractivity contribution in [1.82, 2.24) is 10.2 Å². The second-order valence-electron chi connectivity index (χ2n) is 6.50. The molecule has 16 heavy (non-hydrogen) atoms. The Morgan fingerprint density at radius 1 is 1.38 bits per heavy atom. The molecule has 0 saturated carbocycles. The molecular formula is C14H30N2. The predicted octanol–water partition coefficient (Wildman–Crippen LogP) is 2.74. The Morgan fingerprint density at radius 3 is 2.56 bits per heavy atom. The maximum Gasteiger partial charge on any atom is 0.00449 e. The molecule has 0 aliphatic carbocycles. The molecule has 1 aliphatic heterocycles. The van der Waals surface area contributed by atoms with Gasteiger partial charge in [0.1, 0.15) is 0 Å². The van der Waals surface area contributed by atoms with Crippen LogP contribution in [-0.4, -0.2) is 37.1 Å². The number of nitrogens with one attached hydrogen (secondary N) is 1. The molecule has 2 nitrogen and oxygen atoms in total. The molecule has 1 aliphatic rings. The van der Waals surface area contributed by atoms with Crippen LogP contribution < -0.4 is 5.32 Å². The fourth-order valence-corrected chi connectivity index (χ4v) is 2.53. The molecule has 1 unspecified atom stereocenters. The zero-order chi connectivity index (χ0) is 12.2. The van der Waals surface area contributed by atoms with Gasteiger partial charge in [0.2, 0.25) is 0 Å². The summed E-state index contributed by atoms with van der Waals surface area (Å²) in [6.07, 6.45) is 2.76. The summed E-state index contributed by atoms with van der Waals surface area (Å²) in [6.45, 7) is 16.5. The standard InChI is InChI=1S/C14H30N2/c1-6-13-7-8-16(9-13)11-14(4,5)10-15-12(2)3/h12-13,15H,6-11H2,1-5H3. The first-order valence-electron chi connectivity index (χ1n) is 6.88. The minimum atomic E-state index is 0.396. The molecule has 1 atom stereocenters. The first-order chi connectivity index (χ1) is 7.43. The third-order valence-electron chi connectivity index (χ3n) is 3.59. The molecule has 0 radical (unpaired) electrons. The van der Waals surface area contributed by atoms with E-state index in [1.807, 2.05) is 0 Å². The summed E-state index contributed by atoms with van der Waals surface area (Å²) in [7, 11) is 0. The van der Waals surface area contributed by atoms with Gasteiger partial charge in [-0.15, -0.1) is 0 Å². The zero-order valence-electron chi connectivity index (χ0n) is 11.8. The Morgan fingerprint density at radius 2 is 2.06 bits per heavy atom. The van der Waals surface area contributed by atoms with Crippen LogP contribution in [0.15, 0.2) is 0 Å². The second-order valence-corrected chi connectivity index (χ2v) is 6.50. The van der Waals surface area contributed by atoms with Crippen molar-refractivity contribution in [3.05, 3.63) is 0 Å². The molecule has 1 saturated heterocycles. The predicted molar refractivity (Wildman–Crippen MR) is 71.8 cm³/mol. The summed E-state index contributed by atoms with van der Waals surface area (Å²) in [4.78, 5) is 2.65. The highest BCUT2D eigenvalue weighted by molar-refractivity contribution is 4.82. The summed E-state index contributed by atoms with van der Waals surface area (Å²) < 4.78 is 0. The van der Waals surface area contributed by atoms with E-state index in [2.05, 4.69) is 44.8 Å². The van der Waals surface area contributed by atoms with E-state index in [1.54, 1.807) is 0 Å². The average molecular weight is 226 g/mol. The van der Waals surface area contributed by atoms with Gasteiger partial charge in [0.15, 0.2) is 0 Å². The monoisotopic (exact) mass is 226 g/mol. The first kappa shape index (κ1) is 14.0. The molecule has 0 aromatic heterocycles. The van der Waals surface area contributed by atoms with Gasteiger partial charge in [-0.1, -0.05) is 41.0 Å². The molecule has 0 spiro atoms. The lowest BCUT2D eigenvalue weighted by Crippen LogP contribution is -2.41. The molecule has 0 aromatic carbocycles. The summed E-state index contributed by atoms with van der Waals surface area (Å²) >= 11 is 0. The molecule has 96 valence electrons. The van der Waals surface area contributed by atoms with Gasteiger partial charge < -0.3 is 10.2 Å². The smallest absolute Gasteiger partial charge is 0.00449 e. The van der Waals surface area contributed by atoms with E-state index in [9.17, 15) is 0 Å². The number of nitrogens with zero attached hydrogens (tertiary/aromatic N) is 1. The van der Waals surface area contributed by atoms with Gasteiger partial charge >= 0.3 is 0 Å². The van der Waals surface area contributed by atoms with Crippen LogP contribution in [0.3, 0.4) is 0 Å². The zero-order valence-corrected chi connectivity index (χ0v) is 11.8. The fraction of sp³-hybridized carbons (Fsp3) is 1.00. The van der Waals surface area contributed by atoms with E-state index in [4.69, 9.17) is 0 Å². The third kappa shape index (κ3) is 4.84. The van der Waals surface area contributed by atoms with Crippen LogP contribution in [0.25, 0.3) is 0 Å². The SMILES string of the molecule is CCC1CCN(CC(C)(C)CNC(C)C)C1. The largest absolute Gasteiger partial charge is 0.314 e. The van der Waals surface area contributed by atoms with Crippen LogP contribution in [-0.2, 0) is 0 Å². The number of hydrogen-bond donors (Lipinski definition) is 1. The third-order valence-corrected chi connectivity index (χ3v) is 3.59. The van der Waals surface area contributed by atoms with Crippen molar-refractivity contribution in [2.75, 3.05) is 26.2 Å². The summed E-state index contributed by atoms with van der Waals surface area (Å²) in [5, 5.41) is 3.56. The molecule has 1 N–H and O–H groups in total. The maximum absolute atomic E-state index is 3.56. The van der Waals surface area contributed by atoms with E-state index in [1.165, 1.54) is 32.5 Å². The highest BCUT2D eigenvalue weighted by Gasteiger charge is 2.27. The van der Waals surface area contributed by atoms with Gasteiger partial charge in [-0.05, 0) is 24.3 Å². The summed E-state index contributed by atoms with van der Waals surface area (Å²) in [6, 6.07) is 0.598. The van der Waals surface area contributed by atoms with Crippen LogP contribution in [0, 0.1) is 11.3 Å². The quantitative estimate of drug-likeness (QED) is 0.749. The maximum atomic E-state index is 3.56. The van der Waals surface area contributed by atoms with Crippen molar-refractivity contribution in [3.8, 4) is 0 Å². The van der Waals surface area contributed by atoms with Crippen molar-refractivity contribution in [2.24, 2.45) is 11.3 Å². The first-order valence-corrected chi connectivity index (χ1v) is 6.88. The molecule has 0 bridgehead atoms. The van der Waals surface area contributed by atoms with Crippen LogP contribution >= 0.6 is 0 Å².